The van der Waals surface area contributed by atoms with Crippen LogP contribution in [-0.4, -0.2) is 4.57 Å². The van der Waals surface area contributed by atoms with Gasteiger partial charge in [-0.05, 0) is 89.0 Å². The molecular formula is C39H20N4S. The van der Waals surface area contributed by atoms with E-state index < -0.39 is 0 Å². The van der Waals surface area contributed by atoms with Gasteiger partial charge in [0.2, 0.25) is 0 Å². The Bertz CT molecular complexity index is 2530. The maximum Gasteiger partial charge on any atom is 0.0992 e. The molecule has 2 aromatic heterocycles. The number of benzene rings is 6. The molecule has 44 heavy (non-hydrogen) atoms. The van der Waals surface area contributed by atoms with Gasteiger partial charge in [-0.3, -0.25) is 0 Å². The predicted octanol–water partition coefficient (Wildman–Crippen LogP) is 10.1. The highest BCUT2D eigenvalue weighted by Crippen LogP contribution is 2.41. The molecule has 0 saturated heterocycles. The lowest BCUT2D eigenvalue weighted by molar-refractivity contribution is 1.18. The van der Waals surface area contributed by atoms with E-state index in [4.69, 9.17) is 0 Å². The van der Waals surface area contributed by atoms with Gasteiger partial charge in [0.15, 0.2) is 0 Å². The molecule has 202 valence electrons. The fraction of sp³-hybridized carbons (Fsp3) is 0. The molecule has 0 N–H and O–H groups in total. The summed E-state index contributed by atoms with van der Waals surface area (Å²) in [6.07, 6.45) is 0. The highest BCUT2D eigenvalue weighted by Gasteiger charge is 2.16. The fourth-order valence-electron chi connectivity index (χ4n) is 6.25. The van der Waals surface area contributed by atoms with Crippen molar-refractivity contribution in [3.63, 3.8) is 0 Å². The van der Waals surface area contributed by atoms with Crippen LogP contribution in [0, 0.1) is 34.0 Å². The molecule has 0 amide bonds. The van der Waals surface area contributed by atoms with E-state index in [-0.39, 0.29) is 0 Å². The lowest BCUT2D eigenvalue weighted by Crippen LogP contribution is -1.96. The number of nitrogens with zero attached hydrogens (tertiary/aromatic N) is 4. The largest absolute Gasteiger partial charge is 0.309 e. The summed E-state index contributed by atoms with van der Waals surface area (Å²) in [6.45, 7) is 0. The van der Waals surface area contributed by atoms with Crippen LogP contribution in [0.3, 0.4) is 0 Å². The molecule has 0 spiro atoms. The van der Waals surface area contributed by atoms with E-state index in [9.17, 15) is 15.8 Å². The third-order valence-corrected chi connectivity index (χ3v) is 9.46. The third kappa shape index (κ3) is 3.95. The summed E-state index contributed by atoms with van der Waals surface area (Å²) in [5.41, 5.74) is 8.55. The van der Waals surface area contributed by atoms with E-state index in [2.05, 4.69) is 95.6 Å². The second-order valence-corrected chi connectivity index (χ2v) is 11.8. The Labute approximate surface area is 257 Å². The van der Waals surface area contributed by atoms with Gasteiger partial charge in [-0.25, -0.2) is 0 Å². The maximum absolute atomic E-state index is 10.1. The molecule has 6 aromatic carbocycles. The van der Waals surface area contributed by atoms with Crippen molar-refractivity contribution in [1.82, 2.24) is 4.57 Å². The van der Waals surface area contributed by atoms with Crippen molar-refractivity contribution in [2.24, 2.45) is 0 Å². The van der Waals surface area contributed by atoms with Crippen LogP contribution in [0.15, 0.2) is 121 Å². The van der Waals surface area contributed by atoms with Gasteiger partial charge in [-0.2, -0.15) is 15.8 Å². The van der Waals surface area contributed by atoms with Gasteiger partial charge >= 0.3 is 0 Å². The highest BCUT2D eigenvalue weighted by atomic mass is 32.1. The van der Waals surface area contributed by atoms with Gasteiger partial charge in [-0.15, -0.1) is 11.3 Å². The second-order valence-electron chi connectivity index (χ2n) is 10.8. The van der Waals surface area contributed by atoms with Gasteiger partial charge in [0.25, 0.3) is 0 Å². The van der Waals surface area contributed by atoms with Crippen LogP contribution in [-0.2, 0) is 0 Å². The van der Waals surface area contributed by atoms with Crippen molar-refractivity contribution >= 4 is 53.3 Å². The van der Waals surface area contributed by atoms with Crippen molar-refractivity contribution in [3.8, 4) is 46.1 Å². The van der Waals surface area contributed by atoms with Crippen molar-refractivity contribution < 1.29 is 0 Å². The zero-order valence-electron chi connectivity index (χ0n) is 23.2. The van der Waals surface area contributed by atoms with E-state index in [0.29, 0.717) is 16.7 Å². The second kappa shape index (κ2) is 9.97. The molecule has 0 aliphatic heterocycles. The number of thiophene rings is 1. The summed E-state index contributed by atoms with van der Waals surface area (Å²) in [7, 11) is 0. The number of aromatic nitrogens is 1. The minimum atomic E-state index is 0.548. The number of fused-ring (bicyclic) bond motifs is 6. The van der Waals surface area contributed by atoms with Crippen LogP contribution in [0.25, 0.3) is 69.9 Å². The first kappa shape index (κ1) is 25.5. The molecule has 5 heteroatoms. The van der Waals surface area contributed by atoms with E-state index in [0.717, 1.165) is 44.2 Å². The molecule has 0 atom stereocenters. The Kier molecular flexibility index (Phi) is 5.78. The van der Waals surface area contributed by atoms with Crippen molar-refractivity contribution in [2.45, 2.75) is 0 Å². The van der Waals surface area contributed by atoms with Crippen LogP contribution in [0.2, 0.25) is 0 Å². The van der Waals surface area contributed by atoms with Crippen LogP contribution < -0.4 is 0 Å². The van der Waals surface area contributed by atoms with E-state index in [1.165, 1.54) is 25.7 Å². The van der Waals surface area contributed by atoms with Gasteiger partial charge < -0.3 is 4.57 Å². The first-order chi connectivity index (χ1) is 21.6. The number of rotatable bonds is 3. The molecule has 0 unspecified atom stereocenters. The Hall–Kier alpha value is -6.19. The third-order valence-electron chi connectivity index (χ3n) is 8.24. The van der Waals surface area contributed by atoms with Crippen molar-refractivity contribution in [3.05, 3.63) is 138 Å². The molecule has 0 saturated carbocycles. The highest BCUT2D eigenvalue weighted by molar-refractivity contribution is 7.26. The minimum absolute atomic E-state index is 0.548. The zero-order valence-corrected chi connectivity index (χ0v) is 24.1. The average molecular weight is 577 g/mol. The molecule has 8 rings (SSSR count). The topological polar surface area (TPSA) is 76.3 Å². The Morgan fingerprint density at radius 1 is 0.477 bits per heavy atom. The van der Waals surface area contributed by atoms with Gasteiger partial charge in [0, 0.05) is 36.6 Å². The molecule has 0 aliphatic rings. The molecular weight excluding hydrogens is 557 g/mol. The molecule has 0 radical (unpaired) electrons. The molecule has 0 aliphatic carbocycles. The number of nitriles is 3. The van der Waals surface area contributed by atoms with Gasteiger partial charge in [0.05, 0.1) is 45.9 Å². The van der Waals surface area contributed by atoms with Gasteiger partial charge in [0.1, 0.15) is 0 Å². The maximum atomic E-state index is 10.1. The van der Waals surface area contributed by atoms with Crippen LogP contribution in [0.4, 0.5) is 0 Å². The quantitative estimate of drug-likeness (QED) is 0.210. The van der Waals surface area contributed by atoms with Crippen molar-refractivity contribution in [1.29, 1.82) is 15.8 Å². The molecule has 8 aromatic rings. The monoisotopic (exact) mass is 576 g/mol. The average Bonchev–Trinajstić information content (AvgIpc) is 3.63. The summed E-state index contributed by atoms with van der Waals surface area (Å²) < 4.78 is 4.64. The summed E-state index contributed by atoms with van der Waals surface area (Å²) >= 11 is 1.81. The standard InChI is InChI=1S/C39H20N4S/c40-21-24-11-13-36-34(17-24)35-18-25(22-41)12-14-37(35)43(36)30-16-26(23-42)15-29(20-30)27-5-3-6-28(19-27)31-8-4-9-33-32-7-1-2-10-38(32)44-39(31)33/h1-20H. The van der Waals surface area contributed by atoms with E-state index in [1.54, 1.807) is 12.1 Å². The first-order valence-corrected chi connectivity index (χ1v) is 14.9. The van der Waals surface area contributed by atoms with Crippen molar-refractivity contribution in [2.75, 3.05) is 0 Å². The summed E-state index contributed by atoms with van der Waals surface area (Å²) in [4.78, 5) is 0. The normalized spacial score (nSPS) is 11.1. The molecule has 4 nitrogen and oxygen atoms in total. The van der Waals surface area contributed by atoms with Crippen LogP contribution >= 0.6 is 11.3 Å². The predicted molar refractivity (Wildman–Crippen MR) is 179 cm³/mol. The first-order valence-electron chi connectivity index (χ1n) is 14.1. The SMILES string of the molecule is N#Cc1cc(-c2cccc(-c3cccc4c3sc3ccccc34)c2)cc(-n2c3ccc(C#N)cc3c3cc(C#N)ccc32)c1. The lowest BCUT2D eigenvalue weighted by Gasteiger charge is -2.12. The van der Waals surface area contributed by atoms with Crippen LogP contribution in [0.1, 0.15) is 16.7 Å². The Morgan fingerprint density at radius 3 is 1.86 bits per heavy atom. The summed E-state index contributed by atoms with van der Waals surface area (Å²) in [5.74, 6) is 0. The zero-order chi connectivity index (χ0) is 29.8. The Morgan fingerprint density at radius 2 is 1.14 bits per heavy atom. The minimum Gasteiger partial charge on any atom is -0.309 e. The fourth-order valence-corrected chi connectivity index (χ4v) is 7.49. The Balaban J connectivity index is 1.33. The van der Waals surface area contributed by atoms with E-state index in [1.807, 2.05) is 47.7 Å². The van der Waals surface area contributed by atoms with Crippen LogP contribution in [0.5, 0.6) is 0 Å². The molecule has 0 fully saturated rings. The van der Waals surface area contributed by atoms with Gasteiger partial charge in [-0.1, -0.05) is 54.6 Å². The summed E-state index contributed by atoms with van der Waals surface area (Å²) in [6, 6.07) is 47.5. The molecule has 2 heterocycles. The van der Waals surface area contributed by atoms with E-state index >= 15 is 0 Å². The summed E-state index contributed by atoms with van der Waals surface area (Å²) in [5, 5.41) is 33.5. The number of hydrogen-bond acceptors (Lipinski definition) is 4. The number of hydrogen-bond donors (Lipinski definition) is 0. The molecule has 0 bridgehead atoms. The lowest BCUT2D eigenvalue weighted by atomic mass is 9.96. The smallest absolute Gasteiger partial charge is 0.0992 e.